The van der Waals surface area contributed by atoms with Gasteiger partial charge in [-0.25, -0.2) is 0 Å². The Morgan fingerprint density at radius 2 is 1.44 bits per heavy atom. The van der Waals surface area contributed by atoms with Crippen molar-refractivity contribution in [2.75, 3.05) is 31.2 Å². The second-order valence-corrected chi connectivity index (χ2v) is 11.6. The fourth-order valence-corrected chi connectivity index (χ4v) is 5.44. The Morgan fingerprint density at radius 1 is 0.878 bits per heavy atom. The molecule has 4 rings (SSSR count). The maximum absolute atomic E-state index is 12.7. The van der Waals surface area contributed by atoms with Gasteiger partial charge in [0.2, 0.25) is 0 Å². The van der Waals surface area contributed by atoms with Gasteiger partial charge in [-0.3, -0.25) is 4.18 Å². The number of halogens is 3. The van der Waals surface area contributed by atoms with Crippen molar-refractivity contribution in [3.8, 4) is 17.2 Å². The number of alkyl halides is 3. The van der Waals surface area contributed by atoms with E-state index in [9.17, 15) is 26.7 Å². The number of rotatable bonds is 11. The van der Waals surface area contributed by atoms with E-state index in [0.717, 1.165) is 24.1 Å². The Balaban J connectivity index is 1.26. The molecule has 0 spiro atoms. The Bertz CT molecular complexity index is 1370. The molecule has 0 saturated carbocycles. The minimum atomic E-state index is -4.74. The Kier molecular flexibility index (Phi) is 9.35. The van der Waals surface area contributed by atoms with Gasteiger partial charge in [0.05, 0.1) is 11.5 Å². The molecule has 8 nitrogen and oxygen atoms in total. The lowest BCUT2D eigenvalue weighted by Crippen LogP contribution is -2.41. The summed E-state index contributed by atoms with van der Waals surface area (Å²) in [4.78, 5) is 2.17. The van der Waals surface area contributed by atoms with Crippen LogP contribution in [0.2, 0.25) is 0 Å². The van der Waals surface area contributed by atoms with Gasteiger partial charge in [-0.05, 0) is 74.5 Å². The molecule has 1 aliphatic heterocycles. The van der Waals surface area contributed by atoms with Crippen LogP contribution in [0.15, 0.2) is 77.7 Å². The molecule has 0 bridgehead atoms. The zero-order valence-corrected chi connectivity index (χ0v) is 23.5. The number of hydrogen-bond acceptors (Lipinski definition) is 8. The summed E-state index contributed by atoms with van der Waals surface area (Å²) >= 11 is 0. The highest BCUT2D eigenvalue weighted by Gasteiger charge is 2.34. The summed E-state index contributed by atoms with van der Waals surface area (Å²) in [6, 6.07) is 18.9. The molecule has 0 radical (unpaired) electrons. The van der Waals surface area contributed by atoms with Crippen molar-refractivity contribution in [1.29, 1.82) is 0 Å². The smallest absolute Gasteiger partial charge is 0.490 e. The van der Waals surface area contributed by atoms with Crippen molar-refractivity contribution < 1.29 is 45.1 Å². The second-order valence-electron chi connectivity index (χ2n) is 10.1. The lowest BCUT2D eigenvalue weighted by atomic mass is 10.1. The van der Waals surface area contributed by atoms with Gasteiger partial charge in [0.1, 0.15) is 35.6 Å². The van der Waals surface area contributed by atoms with E-state index in [1.807, 2.05) is 19.1 Å². The molecule has 3 aromatic carbocycles. The molecule has 0 aliphatic carbocycles. The van der Waals surface area contributed by atoms with E-state index in [4.69, 9.17) is 13.7 Å². The van der Waals surface area contributed by atoms with Crippen LogP contribution < -0.4 is 19.1 Å². The number of anilines is 1. The van der Waals surface area contributed by atoms with E-state index in [2.05, 4.69) is 9.64 Å². The lowest BCUT2D eigenvalue weighted by molar-refractivity contribution is -0.274. The first kappa shape index (κ1) is 30.5. The molecular formula is C29H32F3NO7S. The summed E-state index contributed by atoms with van der Waals surface area (Å²) in [5, 5.41) is 9.87. The number of ether oxygens (including phenoxy) is 3. The van der Waals surface area contributed by atoms with E-state index in [1.54, 1.807) is 24.3 Å². The highest BCUT2D eigenvalue weighted by atomic mass is 32.2. The van der Waals surface area contributed by atoms with Gasteiger partial charge >= 0.3 is 6.36 Å². The van der Waals surface area contributed by atoms with Crippen molar-refractivity contribution in [1.82, 2.24) is 0 Å². The maximum Gasteiger partial charge on any atom is 0.573 e. The lowest BCUT2D eigenvalue weighted by Gasteiger charge is -2.34. The monoisotopic (exact) mass is 595 g/mol. The van der Waals surface area contributed by atoms with Gasteiger partial charge in [-0.2, -0.15) is 8.42 Å². The van der Waals surface area contributed by atoms with Gasteiger partial charge in [-0.15, -0.1) is 13.2 Å². The predicted molar refractivity (Wildman–Crippen MR) is 146 cm³/mol. The average molecular weight is 596 g/mol. The number of hydrogen-bond donors (Lipinski definition) is 1. The first-order valence-corrected chi connectivity index (χ1v) is 14.4. The fraction of sp³-hybridized carbons (Fsp3) is 0.379. The van der Waals surface area contributed by atoms with Crippen LogP contribution in [0.4, 0.5) is 18.9 Å². The summed E-state index contributed by atoms with van der Waals surface area (Å²) in [7, 11) is -4.11. The molecular weight excluding hydrogens is 563 g/mol. The zero-order chi connectivity index (χ0) is 29.7. The molecule has 222 valence electrons. The Labute approximate surface area is 237 Å². The van der Waals surface area contributed by atoms with Crippen molar-refractivity contribution >= 4 is 15.8 Å². The van der Waals surface area contributed by atoms with E-state index in [-0.39, 0.29) is 23.4 Å². The molecule has 1 atom stereocenters. The SMILES string of the molecule is Cc1ccc(S(=O)(=O)OC(C)(CO)COc2ccc(N3CCC(Oc4ccc(OC(F)(F)F)cc4)CC3)cc2)cc1. The number of piperidine rings is 1. The molecule has 3 aromatic rings. The van der Waals surface area contributed by atoms with Crippen LogP contribution in [-0.2, 0) is 14.3 Å². The molecule has 0 aromatic heterocycles. The van der Waals surface area contributed by atoms with E-state index < -0.39 is 28.7 Å². The third kappa shape index (κ3) is 8.75. The van der Waals surface area contributed by atoms with Crippen molar-refractivity contribution in [2.45, 2.75) is 49.7 Å². The van der Waals surface area contributed by atoms with Crippen molar-refractivity contribution in [2.24, 2.45) is 0 Å². The van der Waals surface area contributed by atoms with Crippen LogP contribution in [0.25, 0.3) is 0 Å². The second kappa shape index (κ2) is 12.6. The zero-order valence-electron chi connectivity index (χ0n) is 22.6. The third-order valence-electron chi connectivity index (χ3n) is 6.50. The summed E-state index contributed by atoms with van der Waals surface area (Å²) in [6.45, 7) is 3.97. The number of aliphatic hydroxyl groups excluding tert-OH is 1. The third-order valence-corrected chi connectivity index (χ3v) is 7.97. The molecule has 1 fully saturated rings. The van der Waals surface area contributed by atoms with E-state index in [1.165, 1.54) is 43.3 Å². The quantitative estimate of drug-likeness (QED) is 0.292. The molecule has 1 heterocycles. The number of nitrogens with zero attached hydrogens (tertiary/aromatic N) is 1. The van der Waals surface area contributed by atoms with E-state index in [0.29, 0.717) is 24.6 Å². The van der Waals surface area contributed by atoms with Crippen LogP contribution in [0.5, 0.6) is 17.2 Å². The minimum absolute atomic E-state index is 0.00487. The molecule has 1 saturated heterocycles. The van der Waals surface area contributed by atoms with Crippen molar-refractivity contribution in [3.05, 3.63) is 78.4 Å². The van der Waals surface area contributed by atoms with Gasteiger partial charge in [0.25, 0.3) is 10.1 Å². The molecule has 1 N–H and O–H groups in total. The number of aliphatic hydroxyl groups is 1. The average Bonchev–Trinajstić information content (AvgIpc) is 2.93. The molecule has 1 unspecified atom stereocenters. The topological polar surface area (TPSA) is 94.5 Å². The summed E-state index contributed by atoms with van der Waals surface area (Å²) in [6.07, 6.45) is -3.36. The van der Waals surface area contributed by atoms with Gasteiger partial charge < -0.3 is 24.2 Å². The molecule has 12 heteroatoms. The summed E-state index contributed by atoms with van der Waals surface area (Å²) in [5.41, 5.74) is 0.383. The van der Waals surface area contributed by atoms with E-state index >= 15 is 0 Å². The highest BCUT2D eigenvalue weighted by Crippen LogP contribution is 2.29. The molecule has 41 heavy (non-hydrogen) atoms. The fourth-order valence-electron chi connectivity index (χ4n) is 4.25. The normalized spacial score (nSPS) is 16.2. The van der Waals surface area contributed by atoms with Crippen LogP contribution in [0.3, 0.4) is 0 Å². The molecule has 0 amide bonds. The Hall–Kier alpha value is -3.48. The first-order valence-electron chi connectivity index (χ1n) is 13.0. The van der Waals surface area contributed by atoms with Gasteiger partial charge in [-0.1, -0.05) is 17.7 Å². The van der Waals surface area contributed by atoms with Crippen molar-refractivity contribution in [3.63, 3.8) is 0 Å². The van der Waals surface area contributed by atoms with Crippen LogP contribution in [-0.4, -0.2) is 57.9 Å². The molecule has 1 aliphatic rings. The minimum Gasteiger partial charge on any atom is -0.490 e. The van der Waals surface area contributed by atoms with Crippen LogP contribution >= 0.6 is 0 Å². The summed E-state index contributed by atoms with van der Waals surface area (Å²) < 4.78 is 83.3. The predicted octanol–water partition coefficient (Wildman–Crippen LogP) is 5.48. The summed E-state index contributed by atoms with van der Waals surface area (Å²) in [5.74, 6) is 0.666. The number of benzene rings is 3. The van der Waals surface area contributed by atoms with Gasteiger partial charge in [0, 0.05) is 31.6 Å². The van der Waals surface area contributed by atoms with Gasteiger partial charge in [0.15, 0.2) is 0 Å². The largest absolute Gasteiger partial charge is 0.573 e. The first-order chi connectivity index (χ1) is 19.3. The van der Waals surface area contributed by atoms with Crippen LogP contribution in [0, 0.1) is 6.92 Å². The van der Waals surface area contributed by atoms with Crippen LogP contribution in [0.1, 0.15) is 25.3 Å². The highest BCUT2D eigenvalue weighted by molar-refractivity contribution is 7.86. The number of aryl methyl sites for hydroxylation is 1. The standard InChI is InChI=1S/C29H32F3NO7S/c1-21-3-13-27(14-4-21)41(35,36)40-28(2,19-34)20-37-23-7-5-22(6-8-23)33-17-15-25(16-18-33)38-24-9-11-26(12-10-24)39-29(30,31)32/h3-14,25,34H,15-20H2,1-2H3. The Morgan fingerprint density at radius 3 is 2.00 bits per heavy atom. The maximum atomic E-state index is 12.7.